The third kappa shape index (κ3) is 4.43. The number of halogens is 1. The molecule has 0 amide bonds. The summed E-state index contributed by atoms with van der Waals surface area (Å²) in [6, 6.07) is 3.07. The van der Waals surface area contributed by atoms with Crippen LogP contribution in [0.2, 0.25) is 5.02 Å². The van der Waals surface area contributed by atoms with Gasteiger partial charge in [-0.25, -0.2) is 8.42 Å². The number of hydrogen-bond acceptors (Lipinski definition) is 5. The molecule has 1 N–H and O–H groups in total. The minimum Gasteiger partial charge on any atom is -0.281 e. The summed E-state index contributed by atoms with van der Waals surface area (Å²) in [6.45, 7) is 4.98. The Bertz CT molecular complexity index is 594. The molecule has 0 radical (unpaired) electrons. The summed E-state index contributed by atoms with van der Waals surface area (Å²) in [5.41, 5.74) is -1.01. The highest BCUT2D eigenvalue weighted by Gasteiger charge is 2.23. The number of nitro groups is 1. The molecule has 0 saturated heterocycles. The zero-order chi connectivity index (χ0) is 14.8. The first kappa shape index (κ1) is 15.8. The number of nitrogens with zero attached hydrogens (tertiary/aromatic N) is 1. The first-order valence-electron chi connectivity index (χ1n) is 5.17. The zero-order valence-corrected chi connectivity index (χ0v) is 12.1. The van der Waals surface area contributed by atoms with E-state index >= 15 is 0 Å². The van der Waals surface area contributed by atoms with Crippen molar-refractivity contribution in [1.82, 2.24) is 4.89 Å². The summed E-state index contributed by atoms with van der Waals surface area (Å²) in [5, 5.41) is 10.3. The number of non-ortho nitro benzene ring substituents is 1. The average molecular weight is 309 g/mol. The Kier molecular flexibility index (Phi) is 4.51. The van der Waals surface area contributed by atoms with E-state index in [4.69, 9.17) is 16.4 Å². The van der Waals surface area contributed by atoms with Crippen LogP contribution in [0.4, 0.5) is 5.69 Å². The van der Waals surface area contributed by atoms with Crippen molar-refractivity contribution in [3.63, 3.8) is 0 Å². The van der Waals surface area contributed by atoms with E-state index in [1.54, 1.807) is 20.8 Å². The number of nitro benzene ring substituents is 1. The Morgan fingerprint density at radius 3 is 2.37 bits per heavy atom. The quantitative estimate of drug-likeness (QED) is 0.679. The van der Waals surface area contributed by atoms with Crippen molar-refractivity contribution in [2.45, 2.75) is 31.3 Å². The highest BCUT2D eigenvalue weighted by atomic mass is 35.5. The van der Waals surface area contributed by atoms with Gasteiger partial charge in [-0.15, -0.1) is 0 Å². The summed E-state index contributed by atoms with van der Waals surface area (Å²) < 4.78 is 23.8. The van der Waals surface area contributed by atoms with Gasteiger partial charge in [0.1, 0.15) is 4.90 Å². The number of benzene rings is 1. The second kappa shape index (κ2) is 5.41. The predicted molar refractivity (Wildman–Crippen MR) is 69.3 cm³/mol. The lowest BCUT2D eigenvalue weighted by Crippen LogP contribution is -2.33. The van der Waals surface area contributed by atoms with Gasteiger partial charge in [-0.2, -0.15) is 0 Å². The molecule has 1 aromatic rings. The lowest BCUT2D eigenvalue weighted by atomic mass is 10.2. The van der Waals surface area contributed by atoms with Crippen molar-refractivity contribution in [2.75, 3.05) is 0 Å². The largest absolute Gasteiger partial charge is 0.281 e. The van der Waals surface area contributed by atoms with Gasteiger partial charge in [-0.1, -0.05) is 16.5 Å². The molecule has 0 fully saturated rings. The van der Waals surface area contributed by atoms with Gasteiger partial charge in [0.15, 0.2) is 0 Å². The van der Waals surface area contributed by atoms with Crippen LogP contribution < -0.4 is 4.89 Å². The van der Waals surface area contributed by atoms with Crippen molar-refractivity contribution in [1.29, 1.82) is 0 Å². The molecule has 0 heterocycles. The maximum absolute atomic E-state index is 11.9. The topological polar surface area (TPSA) is 98.5 Å². The van der Waals surface area contributed by atoms with Crippen molar-refractivity contribution in [3.8, 4) is 0 Å². The molecule has 9 heteroatoms. The van der Waals surface area contributed by atoms with E-state index in [-0.39, 0.29) is 15.6 Å². The number of sulfonamides is 1. The Labute approximate surface area is 115 Å². The molecule has 0 saturated carbocycles. The first-order valence-corrected chi connectivity index (χ1v) is 7.03. The number of rotatable bonds is 4. The van der Waals surface area contributed by atoms with Gasteiger partial charge in [0, 0.05) is 12.1 Å². The molecular formula is C10H13ClN2O5S. The molecular weight excluding hydrogens is 296 g/mol. The van der Waals surface area contributed by atoms with Crippen molar-refractivity contribution in [2.24, 2.45) is 0 Å². The fourth-order valence-corrected chi connectivity index (χ4v) is 2.54. The minimum atomic E-state index is -3.99. The van der Waals surface area contributed by atoms with Gasteiger partial charge < -0.3 is 0 Å². The highest BCUT2D eigenvalue weighted by Crippen LogP contribution is 2.26. The molecule has 1 aromatic carbocycles. The summed E-state index contributed by atoms with van der Waals surface area (Å²) in [4.78, 5) is 16.4. The fraction of sp³-hybridized carbons (Fsp3) is 0.400. The predicted octanol–water partition coefficient (Wildman–Crippen LogP) is 2.26. The molecule has 0 aliphatic carbocycles. The van der Waals surface area contributed by atoms with E-state index in [0.717, 1.165) is 18.2 Å². The Balaban J connectivity index is 3.06. The van der Waals surface area contributed by atoms with E-state index in [9.17, 15) is 18.5 Å². The molecule has 0 aliphatic rings. The first-order chi connectivity index (χ1) is 8.53. The molecule has 0 spiro atoms. The van der Waals surface area contributed by atoms with Crippen molar-refractivity contribution in [3.05, 3.63) is 33.3 Å². The smallest absolute Gasteiger partial charge is 0.271 e. The molecule has 19 heavy (non-hydrogen) atoms. The maximum atomic E-state index is 11.9. The van der Waals surface area contributed by atoms with Gasteiger partial charge in [-0.3, -0.25) is 15.0 Å². The second-order valence-electron chi connectivity index (χ2n) is 4.67. The van der Waals surface area contributed by atoms with Crippen LogP contribution in [0.25, 0.3) is 0 Å². The zero-order valence-electron chi connectivity index (χ0n) is 10.5. The summed E-state index contributed by atoms with van der Waals surface area (Å²) in [7, 11) is -3.99. The van der Waals surface area contributed by atoms with Gasteiger partial charge >= 0.3 is 0 Å². The van der Waals surface area contributed by atoms with Crippen molar-refractivity contribution >= 4 is 27.3 Å². The third-order valence-electron chi connectivity index (χ3n) is 1.87. The average Bonchev–Trinajstić information content (AvgIpc) is 2.25. The van der Waals surface area contributed by atoms with Crippen LogP contribution in [-0.4, -0.2) is 18.9 Å². The fourth-order valence-electron chi connectivity index (χ4n) is 1.05. The monoisotopic (exact) mass is 308 g/mol. The molecule has 0 unspecified atom stereocenters. The van der Waals surface area contributed by atoms with Crippen LogP contribution in [0.15, 0.2) is 23.1 Å². The minimum absolute atomic E-state index is 0.251. The van der Waals surface area contributed by atoms with Gasteiger partial charge in [0.05, 0.1) is 15.5 Å². The SMILES string of the molecule is CC(C)(C)ONS(=O)(=O)c1ccc([N+](=O)[O-])cc1Cl. The van der Waals surface area contributed by atoms with Crippen LogP contribution in [0.3, 0.4) is 0 Å². The third-order valence-corrected chi connectivity index (χ3v) is 3.54. The molecule has 106 valence electrons. The summed E-state index contributed by atoms with van der Waals surface area (Å²) in [6.07, 6.45) is 0. The van der Waals surface area contributed by atoms with E-state index in [1.807, 2.05) is 4.89 Å². The molecule has 0 aromatic heterocycles. The molecule has 0 aliphatic heterocycles. The van der Waals surface area contributed by atoms with E-state index < -0.39 is 20.5 Å². The van der Waals surface area contributed by atoms with Crippen LogP contribution in [-0.2, 0) is 14.9 Å². The summed E-state index contributed by atoms with van der Waals surface area (Å²) >= 11 is 5.73. The van der Waals surface area contributed by atoms with Gasteiger partial charge in [-0.05, 0) is 26.8 Å². The molecule has 0 atom stereocenters. The van der Waals surface area contributed by atoms with Crippen LogP contribution >= 0.6 is 11.6 Å². The Hall–Kier alpha value is -1.22. The maximum Gasteiger partial charge on any atom is 0.271 e. The van der Waals surface area contributed by atoms with Gasteiger partial charge in [0.2, 0.25) is 0 Å². The normalized spacial score (nSPS) is 12.4. The lowest BCUT2D eigenvalue weighted by Gasteiger charge is -2.19. The Morgan fingerprint density at radius 2 is 1.95 bits per heavy atom. The highest BCUT2D eigenvalue weighted by molar-refractivity contribution is 7.89. The lowest BCUT2D eigenvalue weighted by molar-refractivity contribution is -0.384. The molecule has 7 nitrogen and oxygen atoms in total. The second-order valence-corrected chi connectivity index (χ2v) is 6.69. The number of hydrogen-bond donors (Lipinski definition) is 1. The standard InChI is InChI=1S/C10H13ClN2O5S/c1-10(2,3)18-12-19(16,17)9-5-4-7(13(14)15)6-8(9)11/h4-6,12H,1-3H3. The van der Waals surface area contributed by atoms with E-state index in [2.05, 4.69) is 0 Å². The molecule has 0 bridgehead atoms. The number of nitrogens with one attached hydrogen (secondary N) is 1. The van der Waals surface area contributed by atoms with E-state index in [1.165, 1.54) is 0 Å². The van der Waals surface area contributed by atoms with E-state index in [0.29, 0.717) is 0 Å². The molecule has 1 rings (SSSR count). The van der Waals surface area contributed by atoms with Gasteiger partial charge in [0.25, 0.3) is 15.7 Å². The van der Waals surface area contributed by atoms with Crippen molar-refractivity contribution < 1.29 is 18.2 Å². The van der Waals surface area contributed by atoms with Crippen LogP contribution in [0.5, 0.6) is 0 Å². The Morgan fingerprint density at radius 1 is 1.37 bits per heavy atom. The van der Waals surface area contributed by atoms with Crippen LogP contribution in [0.1, 0.15) is 20.8 Å². The summed E-state index contributed by atoms with van der Waals surface area (Å²) in [5.74, 6) is 0. The van der Waals surface area contributed by atoms with Crippen LogP contribution in [0, 0.1) is 10.1 Å².